The van der Waals surface area contributed by atoms with Gasteiger partial charge in [-0.05, 0) is 6.42 Å². The normalized spacial score (nSPS) is 9.77. The van der Waals surface area contributed by atoms with Crippen LogP contribution in [0.5, 0.6) is 0 Å². The van der Waals surface area contributed by atoms with Crippen molar-refractivity contribution in [2.24, 2.45) is 0 Å². The fraction of sp³-hybridized carbons (Fsp3) is 0.500. The van der Waals surface area contributed by atoms with E-state index < -0.39 is 0 Å². The molecule has 0 aliphatic heterocycles. The highest BCUT2D eigenvalue weighted by Crippen LogP contribution is 2.18. The van der Waals surface area contributed by atoms with Crippen LogP contribution in [0.4, 0.5) is 11.8 Å². The number of anilines is 2. The van der Waals surface area contributed by atoms with Gasteiger partial charge in [-0.2, -0.15) is 4.98 Å². The van der Waals surface area contributed by atoms with Crippen molar-refractivity contribution >= 4 is 23.4 Å². The van der Waals surface area contributed by atoms with Crippen molar-refractivity contribution in [1.29, 1.82) is 0 Å². The lowest BCUT2D eigenvalue weighted by Gasteiger charge is -2.05. The van der Waals surface area contributed by atoms with E-state index in [1.54, 1.807) is 13.2 Å². The standard InChI is InChI=1S/C8H13ClN4/c1-3-4-11-8-12-5-6(9)7(10-2)13-8/h5H,3-4H2,1-2H3,(H2,10,11,12,13). The SMILES string of the molecule is CCCNc1ncc(Cl)c(NC)n1. The predicted molar refractivity (Wildman–Crippen MR) is 55.4 cm³/mol. The molecule has 0 unspecified atom stereocenters. The molecule has 1 rings (SSSR count). The number of rotatable bonds is 4. The van der Waals surface area contributed by atoms with Gasteiger partial charge >= 0.3 is 0 Å². The second-order valence-corrected chi connectivity index (χ2v) is 2.97. The Hall–Kier alpha value is -1.03. The number of aromatic nitrogens is 2. The van der Waals surface area contributed by atoms with E-state index in [0.29, 0.717) is 16.8 Å². The van der Waals surface area contributed by atoms with Gasteiger partial charge < -0.3 is 10.6 Å². The Morgan fingerprint density at radius 3 is 2.92 bits per heavy atom. The van der Waals surface area contributed by atoms with Crippen molar-refractivity contribution in [3.8, 4) is 0 Å². The average Bonchev–Trinajstić information content (AvgIpc) is 2.16. The number of halogens is 1. The van der Waals surface area contributed by atoms with Crippen molar-refractivity contribution in [2.75, 3.05) is 24.2 Å². The molecule has 72 valence electrons. The summed E-state index contributed by atoms with van der Waals surface area (Å²) in [5.41, 5.74) is 0. The van der Waals surface area contributed by atoms with Crippen LogP contribution in [0.3, 0.4) is 0 Å². The third-order valence-electron chi connectivity index (χ3n) is 1.51. The Bertz CT molecular complexity index is 277. The molecule has 4 nitrogen and oxygen atoms in total. The molecule has 0 bridgehead atoms. The maximum absolute atomic E-state index is 5.82. The van der Waals surface area contributed by atoms with Gasteiger partial charge in [-0.3, -0.25) is 0 Å². The Kier molecular flexibility index (Phi) is 3.76. The van der Waals surface area contributed by atoms with Crippen molar-refractivity contribution in [2.45, 2.75) is 13.3 Å². The number of nitrogens with one attached hydrogen (secondary N) is 2. The summed E-state index contributed by atoms with van der Waals surface area (Å²) >= 11 is 5.82. The molecule has 0 amide bonds. The van der Waals surface area contributed by atoms with Crippen molar-refractivity contribution < 1.29 is 0 Å². The Labute approximate surface area is 82.7 Å². The van der Waals surface area contributed by atoms with Gasteiger partial charge in [0.1, 0.15) is 10.8 Å². The minimum Gasteiger partial charge on any atom is -0.372 e. The van der Waals surface area contributed by atoms with Gasteiger partial charge in [0.05, 0.1) is 6.20 Å². The molecule has 0 radical (unpaired) electrons. The summed E-state index contributed by atoms with van der Waals surface area (Å²) in [5.74, 6) is 1.26. The fourth-order valence-electron chi connectivity index (χ4n) is 0.864. The maximum atomic E-state index is 5.82. The highest BCUT2D eigenvalue weighted by Gasteiger charge is 2.01. The second kappa shape index (κ2) is 4.87. The monoisotopic (exact) mass is 200 g/mol. The Balaban J connectivity index is 2.74. The number of hydrogen-bond acceptors (Lipinski definition) is 4. The molecule has 5 heteroatoms. The summed E-state index contributed by atoms with van der Waals surface area (Å²) in [5, 5.41) is 6.50. The third-order valence-corrected chi connectivity index (χ3v) is 1.79. The van der Waals surface area contributed by atoms with Gasteiger partial charge in [0, 0.05) is 13.6 Å². The summed E-state index contributed by atoms with van der Waals surface area (Å²) in [6.45, 7) is 2.95. The Morgan fingerprint density at radius 1 is 1.54 bits per heavy atom. The Morgan fingerprint density at radius 2 is 2.31 bits per heavy atom. The number of nitrogens with zero attached hydrogens (tertiary/aromatic N) is 2. The summed E-state index contributed by atoms with van der Waals surface area (Å²) in [4.78, 5) is 8.19. The summed E-state index contributed by atoms with van der Waals surface area (Å²) in [6, 6.07) is 0. The first-order chi connectivity index (χ1) is 6.27. The summed E-state index contributed by atoms with van der Waals surface area (Å²) < 4.78 is 0. The molecule has 0 aliphatic rings. The third kappa shape index (κ3) is 2.73. The molecule has 0 atom stereocenters. The molecule has 0 saturated heterocycles. The van der Waals surface area contributed by atoms with E-state index >= 15 is 0 Å². The van der Waals surface area contributed by atoms with Crippen LogP contribution in [0.1, 0.15) is 13.3 Å². The second-order valence-electron chi connectivity index (χ2n) is 2.57. The molecule has 0 spiro atoms. The summed E-state index contributed by atoms with van der Waals surface area (Å²) in [6.07, 6.45) is 2.62. The van der Waals surface area contributed by atoms with E-state index in [1.807, 2.05) is 0 Å². The minimum absolute atomic E-state index is 0.532. The van der Waals surface area contributed by atoms with Gasteiger partial charge in [0.2, 0.25) is 5.95 Å². The molecule has 1 aromatic heterocycles. The first kappa shape index (κ1) is 10.1. The van der Waals surface area contributed by atoms with E-state index in [4.69, 9.17) is 11.6 Å². The lowest BCUT2D eigenvalue weighted by molar-refractivity contribution is 0.953. The quantitative estimate of drug-likeness (QED) is 0.781. The lowest BCUT2D eigenvalue weighted by Crippen LogP contribution is -2.05. The smallest absolute Gasteiger partial charge is 0.224 e. The zero-order valence-electron chi connectivity index (χ0n) is 7.76. The van der Waals surface area contributed by atoms with Gasteiger partial charge in [0.15, 0.2) is 0 Å². The van der Waals surface area contributed by atoms with Gasteiger partial charge in [-0.25, -0.2) is 4.98 Å². The zero-order valence-corrected chi connectivity index (χ0v) is 8.52. The van der Waals surface area contributed by atoms with Crippen LogP contribution >= 0.6 is 11.6 Å². The lowest BCUT2D eigenvalue weighted by atomic mass is 10.5. The van der Waals surface area contributed by atoms with E-state index in [2.05, 4.69) is 27.5 Å². The molecule has 1 heterocycles. The molecular weight excluding hydrogens is 188 g/mol. The highest BCUT2D eigenvalue weighted by molar-refractivity contribution is 6.32. The van der Waals surface area contributed by atoms with Crippen molar-refractivity contribution in [3.05, 3.63) is 11.2 Å². The van der Waals surface area contributed by atoms with Gasteiger partial charge in [-0.15, -0.1) is 0 Å². The zero-order chi connectivity index (χ0) is 9.68. The largest absolute Gasteiger partial charge is 0.372 e. The van der Waals surface area contributed by atoms with E-state index in [1.165, 1.54) is 0 Å². The van der Waals surface area contributed by atoms with Crippen molar-refractivity contribution in [3.63, 3.8) is 0 Å². The molecule has 1 aromatic rings. The molecule has 0 fully saturated rings. The molecule has 13 heavy (non-hydrogen) atoms. The topological polar surface area (TPSA) is 49.8 Å². The first-order valence-electron chi connectivity index (χ1n) is 4.22. The van der Waals surface area contributed by atoms with Crippen LogP contribution in [-0.4, -0.2) is 23.6 Å². The maximum Gasteiger partial charge on any atom is 0.224 e. The molecule has 0 saturated carbocycles. The van der Waals surface area contributed by atoms with Crippen LogP contribution in [0.2, 0.25) is 5.02 Å². The van der Waals surface area contributed by atoms with E-state index in [9.17, 15) is 0 Å². The van der Waals surface area contributed by atoms with Crippen LogP contribution in [-0.2, 0) is 0 Å². The van der Waals surface area contributed by atoms with E-state index in [-0.39, 0.29) is 0 Å². The molecular formula is C8H13ClN4. The van der Waals surface area contributed by atoms with E-state index in [0.717, 1.165) is 13.0 Å². The van der Waals surface area contributed by atoms with Crippen LogP contribution < -0.4 is 10.6 Å². The highest BCUT2D eigenvalue weighted by atomic mass is 35.5. The fourth-order valence-corrected chi connectivity index (χ4v) is 1.05. The van der Waals surface area contributed by atoms with Crippen molar-refractivity contribution in [1.82, 2.24) is 9.97 Å². The number of hydrogen-bond donors (Lipinski definition) is 2. The van der Waals surface area contributed by atoms with Gasteiger partial charge in [0.25, 0.3) is 0 Å². The molecule has 0 aromatic carbocycles. The average molecular weight is 201 g/mol. The molecule has 2 N–H and O–H groups in total. The van der Waals surface area contributed by atoms with Crippen LogP contribution in [0, 0.1) is 0 Å². The first-order valence-corrected chi connectivity index (χ1v) is 4.60. The van der Waals surface area contributed by atoms with Gasteiger partial charge in [-0.1, -0.05) is 18.5 Å². The minimum atomic E-state index is 0.532. The summed E-state index contributed by atoms with van der Waals surface area (Å²) in [7, 11) is 1.78. The van der Waals surface area contributed by atoms with Crippen LogP contribution in [0.15, 0.2) is 6.20 Å². The predicted octanol–water partition coefficient (Wildman–Crippen LogP) is 1.99. The van der Waals surface area contributed by atoms with Crippen LogP contribution in [0.25, 0.3) is 0 Å². The molecule has 0 aliphatic carbocycles.